The average molecular weight is 270 g/mol. The molecule has 0 aromatic carbocycles. The Morgan fingerprint density at radius 1 is 1.37 bits per heavy atom. The molecule has 2 unspecified atom stereocenters. The first-order valence-electron chi connectivity index (χ1n) is 7.37. The fraction of sp³-hybridized carbons (Fsp3) is 0.929. The number of aliphatic hydroxyl groups excluding tert-OH is 1. The van der Waals surface area contributed by atoms with Gasteiger partial charge in [-0.3, -0.25) is 4.79 Å². The maximum Gasteiger partial charge on any atom is 0.249 e. The number of nitrogens with one attached hydrogen (secondary N) is 1. The van der Waals surface area contributed by atoms with E-state index in [-0.39, 0.29) is 18.6 Å². The van der Waals surface area contributed by atoms with Gasteiger partial charge in [0.2, 0.25) is 5.91 Å². The number of hydrogen-bond donors (Lipinski definition) is 3. The summed E-state index contributed by atoms with van der Waals surface area (Å²) < 4.78 is 5.61. The molecule has 5 nitrogen and oxygen atoms in total. The van der Waals surface area contributed by atoms with Gasteiger partial charge in [-0.05, 0) is 44.4 Å². The van der Waals surface area contributed by atoms with Gasteiger partial charge in [0.15, 0.2) is 0 Å². The van der Waals surface area contributed by atoms with E-state index in [0.29, 0.717) is 12.5 Å². The van der Waals surface area contributed by atoms with E-state index in [4.69, 9.17) is 10.5 Å². The van der Waals surface area contributed by atoms with Gasteiger partial charge in [0.25, 0.3) is 0 Å². The van der Waals surface area contributed by atoms with Crippen molar-refractivity contribution in [3.8, 4) is 0 Å². The summed E-state index contributed by atoms with van der Waals surface area (Å²) in [5, 5.41) is 12.7. The summed E-state index contributed by atoms with van der Waals surface area (Å²) in [6.07, 6.45) is 5.00. The molecular formula is C14H26N2O3. The molecule has 19 heavy (non-hydrogen) atoms. The van der Waals surface area contributed by atoms with Crippen molar-refractivity contribution in [3.05, 3.63) is 0 Å². The summed E-state index contributed by atoms with van der Waals surface area (Å²) in [6, 6.07) is 0. The molecular weight excluding hydrogens is 244 g/mol. The van der Waals surface area contributed by atoms with Gasteiger partial charge in [0, 0.05) is 6.54 Å². The molecule has 2 fully saturated rings. The number of ether oxygens (including phenoxy) is 1. The topological polar surface area (TPSA) is 84.6 Å². The molecule has 2 rings (SSSR count). The Bertz CT molecular complexity index is 314. The second kappa shape index (κ2) is 6.20. The van der Waals surface area contributed by atoms with Crippen LogP contribution in [0.25, 0.3) is 0 Å². The third-order valence-electron chi connectivity index (χ3n) is 4.59. The lowest BCUT2D eigenvalue weighted by Gasteiger charge is -2.39. The third kappa shape index (κ3) is 3.46. The van der Waals surface area contributed by atoms with Crippen molar-refractivity contribution in [2.45, 2.75) is 63.2 Å². The predicted molar refractivity (Wildman–Crippen MR) is 72.5 cm³/mol. The highest BCUT2D eigenvalue weighted by Gasteiger charge is 2.38. The van der Waals surface area contributed by atoms with E-state index in [9.17, 15) is 9.90 Å². The normalized spacial score (nSPS) is 39.2. The molecule has 1 aliphatic heterocycles. The molecule has 2 atom stereocenters. The smallest absolute Gasteiger partial charge is 0.249 e. The summed E-state index contributed by atoms with van der Waals surface area (Å²) in [5.74, 6) is 0.598. The number of hydrogen-bond acceptors (Lipinski definition) is 4. The zero-order valence-electron chi connectivity index (χ0n) is 11.7. The zero-order valence-corrected chi connectivity index (χ0v) is 11.7. The summed E-state index contributed by atoms with van der Waals surface area (Å²) >= 11 is 0. The fourth-order valence-corrected chi connectivity index (χ4v) is 3.05. The van der Waals surface area contributed by atoms with Crippen molar-refractivity contribution in [1.29, 1.82) is 0 Å². The first kappa shape index (κ1) is 14.8. The molecule has 1 aliphatic carbocycles. The third-order valence-corrected chi connectivity index (χ3v) is 4.59. The molecule has 4 N–H and O–H groups in total. The number of aliphatic hydroxyl groups is 1. The largest absolute Gasteiger partial charge is 0.394 e. The van der Waals surface area contributed by atoms with Crippen LogP contribution in [0.5, 0.6) is 0 Å². The average Bonchev–Trinajstić information content (AvgIpc) is 2.91. The molecule has 5 heteroatoms. The van der Waals surface area contributed by atoms with E-state index in [1.807, 2.05) is 0 Å². The molecule has 1 heterocycles. The Morgan fingerprint density at radius 3 is 2.58 bits per heavy atom. The second-order valence-corrected chi connectivity index (χ2v) is 6.17. The number of rotatable bonds is 4. The van der Waals surface area contributed by atoms with Gasteiger partial charge < -0.3 is 20.9 Å². The van der Waals surface area contributed by atoms with Crippen molar-refractivity contribution < 1.29 is 14.6 Å². The lowest BCUT2D eigenvalue weighted by molar-refractivity contribution is -0.135. The van der Waals surface area contributed by atoms with Crippen molar-refractivity contribution in [3.63, 3.8) is 0 Å². The van der Waals surface area contributed by atoms with Gasteiger partial charge in [-0.1, -0.05) is 6.92 Å². The van der Waals surface area contributed by atoms with E-state index < -0.39 is 11.6 Å². The molecule has 0 radical (unpaired) electrons. The van der Waals surface area contributed by atoms with Gasteiger partial charge in [-0.25, -0.2) is 0 Å². The number of carbonyl (C=O) groups is 1. The Hall–Kier alpha value is -0.650. The highest BCUT2D eigenvalue weighted by Crippen LogP contribution is 2.32. The van der Waals surface area contributed by atoms with Gasteiger partial charge in [0.1, 0.15) is 6.10 Å². The molecule has 110 valence electrons. The highest BCUT2D eigenvalue weighted by atomic mass is 16.5. The van der Waals surface area contributed by atoms with Crippen LogP contribution in [-0.2, 0) is 9.53 Å². The standard InChI is InChI=1S/C14H26N2O3/c1-10-4-6-14(9-17,7-5-10)16-13(18)12-3-2-11(8-15)19-12/h10-12,17H,2-9,15H2,1H3,(H,16,18). The maximum atomic E-state index is 12.2. The summed E-state index contributed by atoms with van der Waals surface area (Å²) in [4.78, 5) is 12.2. The van der Waals surface area contributed by atoms with Crippen molar-refractivity contribution in [1.82, 2.24) is 5.32 Å². The van der Waals surface area contributed by atoms with E-state index in [0.717, 1.165) is 38.5 Å². The first-order valence-corrected chi connectivity index (χ1v) is 7.37. The number of amides is 1. The Kier molecular flexibility index (Phi) is 4.81. The lowest BCUT2D eigenvalue weighted by atomic mass is 9.77. The van der Waals surface area contributed by atoms with Crippen LogP contribution in [0.15, 0.2) is 0 Å². The maximum absolute atomic E-state index is 12.2. The zero-order chi connectivity index (χ0) is 13.9. The summed E-state index contributed by atoms with van der Waals surface area (Å²) in [6.45, 7) is 2.69. The SMILES string of the molecule is CC1CCC(CO)(NC(=O)C2CCC(CN)O2)CC1. The monoisotopic (exact) mass is 270 g/mol. The van der Waals surface area contributed by atoms with Crippen LogP contribution >= 0.6 is 0 Å². The molecule has 0 aromatic rings. The van der Waals surface area contributed by atoms with Crippen molar-refractivity contribution in [2.75, 3.05) is 13.2 Å². The van der Waals surface area contributed by atoms with Crippen molar-refractivity contribution in [2.24, 2.45) is 11.7 Å². The van der Waals surface area contributed by atoms with E-state index >= 15 is 0 Å². The molecule has 1 amide bonds. The molecule has 1 saturated heterocycles. The van der Waals surface area contributed by atoms with Crippen LogP contribution in [-0.4, -0.2) is 41.9 Å². The number of carbonyl (C=O) groups excluding carboxylic acids is 1. The van der Waals surface area contributed by atoms with Crippen LogP contribution in [0.2, 0.25) is 0 Å². The molecule has 1 saturated carbocycles. The predicted octanol–water partition coefficient (Wildman–Crippen LogP) is 0.550. The minimum absolute atomic E-state index is 0.00667. The van der Waals surface area contributed by atoms with Crippen LogP contribution in [0.4, 0.5) is 0 Å². The van der Waals surface area contributed by atoms with Crippen LogP contribution in [0, 0.1) is 5.92 Å². The Balaban J connectivity index is 1.90. The molecule has 0 aromatic heterocycles. The fourth-order valence-electron chi connectivity index (χ4n) is 3.05. The summed E-state index contributed by atoms with van der Waals surface area (Å²) in [7, 11) is 0. The van der Waals surface area contributed by atoms with Gasteiger partial charge >= 0.3 is 0 Å². The van der Waals surface area contributed by atoms with E-state index in [1.165, 1.54) is 0 Å². The van der Waals surface area contributed by atoms with Crippen LogP contribution in [0.3, 0.4) is 0 Å². The van der Waals surface area contributed by atoms with Crippen LogP contribution in [0.1, 0.15) is 45.4 Å². The number of nitrogens with two attached hydrogens (primary N) is 1. The van der Waals surface area contributed by atoms with Gasteiger partial charge in [-0.2, -0.15) is 0 Å². The van der Waals surface area contributed by atoms with E-state index in [2.05, 4.69) is 12.2 Å². The van der Waals surface area contributed by atoms with Crippen molar-refractivity contribution >= 4 is 5.91 Å². The molecule has 2 aliphatic rings. The van der Waals surface area contributed by atoms with Gasteiger partial charge in [0.05, 0.1) is 18.2 Å². The minimum Gasteiger partial charge on any atom is -0.394 e. The Labute approximate surface area is 114 Å². The lowest BCUT2D eigenvalue weighted by Crippen LogP contribution is -2.55. The summed E-state index contributed by atoms with van der Waals surface area (Å²) in [5.41, 5.74) is 5.11. The van der Waals surface area contributed by atoms with Gasteiger partial charge in [-0.15, -0.1) is 0 Å². The highest BCUT2D eigenvalue weighted by molar-refractivity contribution is 5.81. The Morgan fingerprint density at radius 2 is 2.05 bits per heavy atom. The first-order chi connectivity index (χ1) is 9.08. The molecule has 0 bridgehead atoms. The second-order valence-electron chi connectivity index (χ2n) is 6.17. The van der Waals surface area contributed by atoms with Crippen LogP contribution < -0.4 is 11.1 Å². The van der Waals surface area contributed by atoms with E-state index in [1.54, 1.807) is 0 Å². The quantitative estimate of drug-likeness (QED) is 0.696. The minimum atomic E-state index is -0.437. The molecule has 0 spiro atoms.